The van der Waals surface area contributed by atoms with Crippen molar-refractivity contribution >= 4 is 28.4 Å². The van der Waals surface area contributed by atoms with Gasteiger partial charge in [0.1, 0.15) is 5.82 Å². The van der Waals surface area contributed by atoms with Crippen LogP contribution >= 0.6 is 11.6 Å². The van der Waals surface area contributed by atoms with Crippen LogP contribution in [0.25, 0.3) is 11.0 Å². The van der Waals surface area contributed by atoms with E-state index in [9.17, 15) is 4.39 Å². The molecular weight excluding hydrogens is 281 g/mol. The summed E-state index contributed by atoms with van der Waals surface area (Å²) in [5.74, 6) is 0.845. The third kappa shape index (κ3) is 1.96. The summed E-state index contributed by atoms with van der Waals surface area (Å²) in [7, 11) is 0. The first-order chi connectivity index (χ1) is 9.70. The van der Waals surface area contributed by atoms with Gasteiger partial charge in [-0.2, -0.15) is 0 Å². The van der Waals surface area contributed by atoms with E-state index in [2.05, 4.69) is 15.4 Å². The molecule has 3 saturated heterocycles. The molecule has 20 heavy (non-hydrogen) atoms. The molecule has 1 unspecified atom stereocenters. The van der Waals surface area contributed by atoms with E-state index in [-0.39, 0.29) is 5.02 Å². The predicted molar refractivity (Wildman–Crippen MR) is 75.6 cm³/mol. The molecule has 0 amide bonds. The van der Waals surface area contributed by atoms with E-state index in [1.165, 1.54) is 38.1 Å². The maximum Gasteiger partial charge on any atom is 0.177 e. The maximum absolute atomic E-state index is 13.6. The molecule has 0 spiro atoms. The number of hydrogen-bond donors (Lipinski definition) is 1. The highest BCUT2D eigenvalue weighted by Gasteiger charge is 2.34. The second-order valence-electron chi connectivity index (χ2n) is 5.68. The van der Waals surface area contributed by atoms with Gasteiger partial charge in [0.05, 0.1) is 10.4 Å². The van der Waals surface area contributed by atoms with Gasteiger partial charge in [0.25, 0.3) is 0 Å². The lowest BCUT2D eigenvalue weighted by Gasteiger charge is -2.44. The minimum Gasteiger partial charge on any atom is -0.362 e. The number of nitrogens with zero attached hydrogens (tertiary/aromatic N) is 2. The van der Waals surface area contributed by atoms with Crippen LogP contribution < -0.4 is 5.32 Å². The van der Waals surface area contributed by atoms with Crippen LogP contribution in [0.1, 0.15) is 12.8 Å². The first-order valence-corrected chi connectivity index (χ1v) is 7.32. The quantitative estimate of drug-likeness (QED) is 0.924. The van der Waals surface area contributed by atoms with Gasteiger partial charge in [-0.15, -0.1) is 0 Å². The lowest BCUT2D eigenvalue weighted by molar-refractivity contribution is 0.0973. The fraction of sp³-hybridized carbons (Fsp3) is 0.500. The molecule has 1 N–H and O–H groups in total. The van der Waals surface area contributed by atoms with Gasteiger partial charge >= 0.3 is 0 Å². The summed E-state index contributed by atoms with van der Waals surface area (Å²) in [5.41, 5.74) is 0.514. The van der Waals surface area contributed by atoms with Gasteiger partial charge in [0.15, 0.2) is 11.4 Å². The molecule has 1 aromatic carbocycles. The Balaban J connectivity index is 1.64. The number of hydrogen-bond acceptors (Lipinski definition) is 4. The van der Waals surface area contributed by atoms with Gasteiger partial charge in [-0.3, -0.25) is 0 Å². The summed E-state index contributed by atoms with van der Waals surface area (Å²) in [5, 5.41) is 8.17. The van der Waals surface area contributed by atoms with Crippen LogP contribution in [0.5, 0.6) is 0 Å². The average Bonchev–Trinajstić information content (AvgIpc) is 2.83. The Morgan fingerprint density at radius 1 is 1.35 bits per heavy atom. The molecular formula is C14H15ClFN3O. The number of fused-ring (bicyclic) bond motifs is 4. The fourth-order valence-corrected chi connectivity index (χ4v) is 3.50. The summed E-state index contributed by atoms with van der Waals surface area (Å²) in [6.45, 7) is 3.40. The summed E-state index contributed by atoms with van der Waals surface area (Å²) in [4.78, 5) is 2.46. The van der Waals surface area contributed by atoms with Gasteiger partial charge < -0.3 is 14.7 Å². The van der Waals surface area contributed by atoms with E-state index in [0.29, 0.717) is 28.7 Å². The standard InChI is InChI=1S/C14H15ClFN3O/c15-10-6-13-9(5-11(10)16)14(18-20-13)17-12-7-19-3-1-8(12)2-4-19/h5-6,8,12H,1-4,7H2,(H,17,18). The molecule has 0 aliphatic carbocycles. The molecule has 2 aromatic rings. The van der Waals surface area contributed by atoms with Crippen LogP contribution in [-0.4, -0.2) is 35.7 Å². The van der Waals surface area contributed by atoms with Gasteiger partial charge in [-0.05, 0) is 37.9 Å². The van der Waals surface area contributed by atoms with Crippen molar-refractivity contribution in [1.82, 2.24) is 10.1 Å². The van der Waals surface area contributed by atoms with E-state index in [1.54, 1.807) is 0 Å². The van der Waals surface area contributed by atoms with Crippen LogP contribution in [0.3, 0.4) is 0 Å². The van der Waals surface area contributed by atoms with Gasteiger partial charge in [-0.1, -0.05) is 16.8 Å². The van der Waals surface area contributed by atoms with Crippen LogP contribution in [-0.2, 0) is 0 Å². The third-order valence-corrected chi connectivity index (χ3v) is 4.78. The number of aromatic nitrogens is 1. The minimum absolute atomic E-state index is 0.0584. The zero-order valence-corrected chi connectivity index (χ0v) is 11.7. The van der Waals surface area contributed by atoms with E-state index < -0.39 is 5.82 Å². The molecule has 1 atom stereocenters. The lowest BCUT2D eigenvalue weighted by atomic mass is 9.84. The number of halogens is 2. The van der Waals surface area contributed by atoms with Crippen molar-refractivity contribution in [1.29, 1.82) is 0 Å². The van der Waals surface area contributed by atoms with Crippen molar-refractivity contribution in [3.63, 3.8) is 0 Å². The summed E-state index contributed by atoms with van der Waals surface area (Å²) in [6, 6.07) is 3.23. The normalized spacial score (nSPS) is 29.0. The van der Waals surface area contributed by atoms with Crippen molar-refractivity contribution in [2.45, 2.75) is 18.9 Å². The largest absolute Gasteiger partial charge is 0.362 e. The Kier molecular flexibility index (Phi) is 2.86. The second kappa shape index (κ2) is 4.60. The number of anilines is 1. The van der Waals surface area contributed by atoms with Crippen molar-refractivity contribution in [2.24, 2.45) is 5.92 Å². The van der Waals surface area contributed by atoms with E-state index in [0.717, 1.165) is 6.54 Å². The van der Waals surface area contributed by atoms with Gasteiger partial charge in [0.2, 0.25) is 0 Å². The SMILES string of the molecule is Fc1cc2c(NC3CN4CCC3CC4)noc2cc1Cl. The molecule has 3 aliphatic heterocycles. The zero-order valence-electron chi connectivity index (χ0n) is 10.9. The molecule has 2 bridgehead atoms. The number of nitrogens with one attached hydrogen (secondary N) is 1. The molecule has 6 heteroatoms. The maximum atomic E-state index is 13.6. The summed E-state index contributed by atoms with van der Waals surface area (Å²) >= 11 is 5.75. The minimum atomic E-state index is -0.445. The first-order valence-electron chi connectivity index (χ1n) is 6.94. The number of rotatable bonds is 2. The highest BCUT2D eigenvalue weighted by molar-refractivity contribution is 6.31. The Morgan fingerprint density at radius 3 is 2.85 bits per heavy atom. The molecule has 5 rings (SSSR count). The Labute approximate surface area is 120 Å². The van der Waals surface area contributed by atoms with Crippen molar-refractivity contribution in [2.75, 3.05) is 25.0 Å². The molecule has 3 fully saturated rings. The molecule has 1 aromatic heterocycles. The van der Waals surface area contributed by atoms with E-state index in [4.69, 9.17) is 16.1 Å². The topological polar surface area (TPSA) is 41.3 Å². The van der Waals surface area contributed by atoms with Crippen molar-refractivity contribution in [3.8, 4) is 0 Å². The van der Waals surface area contributed by atoms with Gasteiger partial charge in [-0.25, -0.2) is 4.39 Å². The summed E-state index contributed by atoms with van der Waals surface area (Å²) < 4.78 is 18.8. The molecule has 0 saturated carbocycles. The van der Waals surface area contributed by atoms with E-state index in [1.807, 2.05) is 0 Å². The van der Waals surface area contributed by atoms with Crippen LogP contribution in [0.15, 0.2) is 16.7 Å². The first kappa shape index (κ1) is 12.4. The number of piperidine rings is 3. The van der Waals surface area contributed by atoms with Crippen molar-refractivity contribution < 1.29 is 8.91 Å². The zero-order chi connectivity index (χ0) is 13.7. The Bertz CT molecular complexity index is 651. The molecule has 4 heterocycles. The van der Waals surface area contributed by atoms with E-state index >= 15 is 0 Å². The molecule has 3 aliphatic rings. The van der Waals surface area contributed by atoms with Crippen molar-refractivity contribution in [3.05, 3.63) is 23.0 Å². The summed E-state index contributed by atoms with van der Waals surface area (Å²) in [6.07, 6.45) is 2.43. The molecule has 4 nitrogen and oxygen atoms in total. The lowest BCUT2D eigenvalue weighted by Crippen LogP contribution is -2.53. The fourth-order valence-electron chi connectivity index (χ4n) is 3.34. The van der Waals surface area contributed by atoms with Gasteiger partial charge in [0, 0.05) is 18.7 Å². The monoisotopic (exact) mass is 295 g/mol. The predicted octanol–water partition coefficient (Wildman–Crippen LogP) is 3.13. The average molecular weight is 296 g/mol. The van der Waals surface area contributed by atoms with Crippen LogP contribution in [0.2, 0.25) is 5.02 Å². The Hall–Kier alpha value is -1.33. The Morgan fingerprint density at radius 2 is 2.15 bits per heavy atom. The van der Waals surface area contributed by atoms with Crippen LogP contribution in [0, 0.1) is 11.7 Å². The highest BCUT2D eigenvalue weighted by Crippen LogP contribution is 2.33. The second-order valence-corrected chi connectivity index (χ2v) is 6.09. The highest BCUT2D eigenvalue weighted by atomic mass is 35.5. The smallest absolute Gasteiger partial charge is 0.177 e. The number of benzene rings is 1. The molecule has 0 radical (unpaired) electrons. The third-order valence-electron chi connectivity index (χ3n) is 4.49. The molecule has 106 valence electrons. The van der Waals surface area contributed by atoms with Crippen LogP contribution in [0.4, 0.5) is 10.2 Å².